The van der Waals surface area contributed by atoms with Crippen LogP contribution in [0.15, 0.2) is 24.3 Å². The summed E-state index contributed by atoms with van der Waals surface area (Å²) >= 11 is 0. The summed E-state index contributed by atoms with van der Waals surface area (Å²) in [7, 11) is 3.70. The highest BCUT2D eigenvalue weighted by atomic mass is 16.4. The van der Waals surface area contributed by atoms with Gasteiger partial charge in [-0.05, 0) is 38.4 Å². The van der Waals surface area contributed by atoms with Crippen LogP contribution in [0, 0.1) is 11.3 Å². The van der Waals surface area contributed by atoms with Crippen LogP contribution in [0.3, 0.4) is 0 Å². The first-order valence-electron chi connectivity index (χ1n) is 6.10. The molecule has 0 spiro atoms. The molecule has 0 aliphatic heterocycles. The lowest BCUT2D eigenvalue weighted by atomic mass is 10.1. The van der Waals surface area contributed by atoms with Gasteiger partial charge < -0.3 is 14.9 Å². The number of carboxylic acids is 1. The third kappa shape index (κ3) is 4.71. The SMILES string of the molecule is CN(C)CCN(CC(=O)O)C(=O)c1ccc(C#N)cc1. The quantitative estimate of drug-likeness (QED) is 0.823. The maximum absolute atomic E-state index is 12.3. The number of hydrogen-bond donors (Lipinski definition) is 1. The number of carboxylic acid groups (broad SMARTS) is 1. The van der Waals surface area contributed by atoms with Crippen LogP contribution >= 0.6 is 0 Å². The number of benzene rings is 1. The van der Waals surface area contributed by atoms with Crippen molar-refractivity contribution in [3.63, 3.8) is 0 Å². The van der Waals surface area contributed by atoms with Gasteiger partial charge in [-0.2, -0.15) is 5.26 Å². The summed E-state index contributed by atoms with van der Waals surface area (Å²) in [4.78, 5) is 26.3. The third-order valence-electron chi connectivity index (χ3n) is 2.69. The van der Waals surface area contributed by atoms with E-state index in [1.807, 2.05) is 25.1 Å². The maximum atomic E-state index is 12.3. The van der Waals surface area contributed by atoms with E-state index in [2.05, 4.69) is 0 Å². The second-order valence-electron chi connectivity index (χ2n) is 4.61. The van der Waals surface area contributed by atoms with E-state index in [1.54, 1.807) is 0 Å². The molecule has 0 aliphatic rings. The van der Waals surface area contributed by atoms with E-state index in [1.165, 1.54) is 29.2 Å². The molecular weight excluding hydrogens is 258 g/mol. The molecule has 106 valence electrons. The lowest BCUT2D eigenvalue weighted by Crippen LogP contribution is -2.40. The van der Waals surface area contributed by atoms with Crippen molar-refractivity contribution in [3.8, 4) is 6.07 Å². The van der Waals surface area contributed by atoms with Crippen LogP contribution in [-0.4, -0.2) is 60.5 Å². The summed E-state index contributed by atoms with van der Waals surface area (Å²) in [6.07, 6.45) is 0. The van der Waals surface area contributed by atoms with Gasteiger partial charge in [-0.3, -0.25) is 9.59 Å². The molecule has 1 rings (SSSR count). The number of nitriles is 1. The van der Waals surface area contributed by atoms with Gasteiger partial charge in [0.05, 0.1) is 11.6 Å². The van der Waals surface area contributed by atoms with Crippen molar-refractivity contribution < 1.29 is 14.7 Å². The van der Waals surface area contributed by atoms with Crippen molar-refractivity contribution >= 4 is 11.9 Å². The van der Waals surface area contributed by atoms with Crippen LogP contribution in [0.25, 0.3) is 0 Å². The first kappa shape index (κ1) is 15.7. The van der Waals surface area contributed by atoms with E-state index < -0.39 is 5.97 Å². The second kappa shape index (κ2) is 7.26. The molecule has 6 nitrogen and oxygen atoms in total. The van der Waals surface area contributed by atoms with Gasteiger partial charge in [0.25, 0.3) is 5.91 Å². The number of likely N-dealkylation sites (N-methyl/N-ethyl adjacent to an activating group) is 1. The number of carbonyl (C=O) groups is 2. The Morgan fingerprint density at radius 3 is 2.25 bits per heavy atom. The fourth-order valence-electron chi connectivity index (χ4n) is 1.61. The Balaban J connectivity index is 2.85. The molecule has 1 amide bonds. The smallest absolute Gasteiger partial charge is 0.323 e. The highest BCUT2D eigenvalue weighted by Crippen LogP contribution is 2.07. The van der Waals surface area contributed by atoms with Gasteiger partial charge in [0.2, 0.25) is 0 Å². The highest BCUT2D eigenvalue weighted by Gasteiger charge is 2.18. The van der Waals surface area contributed by atoms with Gasteiger partial charge in [-0.25, -0.2) is 0 Å². The molecular formula is C14H17N3O3. The fraction of sp³-hybridized carbons (Fsp3) is 0.357. The average Bonchev–Trinajstić information content (AvgIpc) is 2.42. The number of aliphatic carboxylic acids is 1. The molecule has 0 radical (unpaired) electrons. The topological polar surface area (TPSA) is 84.6 Å². The Labute approximate surface area is 117 Å². The predicted molar refractivity (Wildman–Crippen MR) is 73.3 cm³/mol. The van der Waals surface area contributed by atoms with Gasteiger partial charge >= 0.3 is 5.97 Å². The Morgan fingerprint density at radius 2 is 1.80 bits per heavy atom. The summed E-state index contributed by atoms with van der Waals surface area (Å²) in [5.74, 6) is -1.40. The first-order chi connectivity index (χ1) is 9.43. The molecule has 0 bridgehead atoms. The molecule has 0 atom stereocenters. The molecule has 20 heavy (non-hydrogen) atoms. The molecule has 1 aromatic carbocycles. The minimum Gasteiger partial charge on any atom is -0.480 e. The molecule has 1 aromatic rings. The zero-order chi connectivity index (χ0) is 15.1. The standard InChI is InChI=1S/C14H17N3O3/c1-16(2)7-8-17(10-13(18)19)14(20)12-5-3-11(9-15)4-6-12/h3-6H,7-8,10H2,1-2H3,(H,18,19). The van der Waals surface area contributed by atoms with E-state index in [-0.39, 0.29) is 12.5 Å². The Morgan fingerprint density at radius 1 is 1.20 bits per heavy atom. The van der Waals surface area contributed by atoms with Crippen molar-refractivity contribution in [2.75, 3.05) is 33.7 Å². The van der Waals surface area contributed by atoms with Crippen LogP contribution in [-0.2, 0) is 4.79 Å². The van der Waals surface area contributed by atoms with Crippen molar-refractivity contribution in [1.82, 2.24) is 9.80 Å². The zero-order valence-corrected chi connectivity index (χ0v) is 11.5. The van der Waals surface area contributed by atoms with Crippen LogP contribution in [0.2, 0.25) is 0 Å². The van der Waals surface area contributed by atoms with Gasteiger partial charge in [-0.1, -0.05) is 0 Å². The van der Waals surface area contributed by atoms with Gasteiger partial charge in [0.1, 0.15) is 6.54 Å². The first-order valence-corrected chi connectivity index (χ1v) is 6.10. The van der Waals surface area contributed by atoms with Crippen molar-refractivity contribution in [2.45, 2.75) is 0 Å². The third-order valence-corrected chi connectivity index (χ3v) is 2.69. The second-order valence-corrected chi connectivity index (χ2v) is 4.61. The van der Waals surface area contributed by atoms with E-state index >= 15 is 0 Å². The monoisotopic (exact) mass is 275 g/mol. The minimum absolute atomic E-state index is 0.331. The molecule has 0 fully saturated rings. The summed E-state index contributed by atoms with van der Waals surface area (Å²) in [5, 5.41) is 17.6. The van der Waals surface area contributed by atoms with Crippen LogP contribution in [0.4, 0.5) is 0 Å². The number of hydrogen-bond acceptors (Lipinski definition) is 4. The van der Waals surface area contributed by atoms with Crippen LogP contribution in [0.1, 0.15) is 15.9 Å². The molecule has 0 saturated heterocycles. The van der Waals surface area contributed by atoms with Crippen molar-refractivity contribution in [2.24, 2.45) is 0 Å². The fourth-order valence-corrected chi connectivity index (χ4v) is 1.61. The molecule has 1 N–H and O–H groups in total. The number of amides is 1. The summed E-state index contributed by atoms with van der Waals surface area (Å²) in [5.41, 5.74) is 0.837. The molecule has 0 aromatic heterocycles. The highest BCUT2D eigenvalue weighted by molar-refractivity contribution is 5.95. The number of carbonyl (C=O) groups excluding carboxylic acids is 1. The molecule has 0 unspecified atom stereocenters. The summed E-state index contributed by atoms with van der Waals surface area (Å²) < 4.78 is 0. The van der Waals surface area contributed by atoms with Gasteiger partial charge in [-0.15, -0.1) is 0 Å². The van der Waals surface area contributed by atoms with Gasteiger partial charge in [0, 0.05) is 18.7 Å². The number of nitrogens with zero attached hydrogens (tertiary/aromatic N) is 3. The van der Waals surface area contributed by atoms with Crippen LogP contribution in [0.5, 0.6) is 0 Å². The van der Waals surface area contributed by atoms with Crippen molar-refractivity contribution in [3.05, 3.63) is 35.4 Å². The van der Waals surface area contributed by atoms with E-state index in [0.717, 1.165) is 0 Å². The Bertz CT molecular complexity index is 517. The molecule has 0 saturated carbocycles. The van der Waals surface area contributed by atoms with E-state index in [0.29, 0.717) is 24.2 Å². The molecule has 6 heteroatoms. The zero-order valence-electron chi connectivity index (χ0n) is 11.5. The maximum Gasteiger partial charge on any atom is 0.323 e. The average molecular weight is 275 g/mol. The van der Waals surface area contributed by atoms with E-state index in [4.69, 9.17) is 10.4 Å². The molecule has 0 heterocycles. The van der Waals surface area contributed by atoms with Gasteiger partial charge in [0.15, 0.2) is 0 Å². The Hall–Kier alpha value is -2.39. The minimum atomic E-state index is -1.05. The summed E-state index contributed by atoms with van der Waals surface area (Å²) in [6.45, 7) is 0.570. The normalized spacial score (nSPS) is 10.1. The molecule has 0 aliphatic carbocycles. The summed E-state index contributed by atoms with van der Waals surface area (Å²) in [6, 6.07) is 8.11. The Kier molecular flexibility index (Phi) is 5.69. The lowest BCUT2D eigenvalue weighted by Gasteiger charge is -2.22. The van der Waals surface area contributed by atoms with Crippen LogP contribution < -0.4 is 0 Å². The lowest BCUT2D eigenvalue weighted by molar-refractivity contribution is -0.137. The number of rotatable bonds is 6. The largest absolute Gasteiger partial charge is 0.480 e. The predicted octanol–water partition coefficient (Wildman–Crippen LogP) is 0.647. The van der Waals surface area contributed by atoms with Crippen molar-refractivity contribution in [1.29, 1.82) is 5.26 Å². The van der Waals surface area contributed by atoms with E-state index in [9.17, 15) is 9.59 Å².